The number of carbonyl (C=O) groups excluding carboxylic acids is 3. The quantitative estimate of drug-likeness (QED) is 0.540. The van der Waals surface area contributed by atoms with E-state index in [2.05, 4.69) is 15.4 Å². The predicted octanol–water partition coefficient (Wildman–Crippen LogP) is -0.641. The summed E-state index contributed by atoms with van der Waals surface area (Å²) in [4.78, 5) is 33.2. The monoisotopic (exact) mass is 245 g/mol. The Morgan fingerprint density at radius 1 is 1.29 bits per heavy atom. The van der Waals surface area contributed by atoms with Crippen molar-refractivity contribution in [3.63, 3.8) is 0 Å². The molecule has 0 aliphatic rings. The van der Waals surface area contributed by atoms with Gasteiger partial charge in [0.1, 0.15) is 12.6 Å². The molecule has 0 aromatic rings. The fourth-order valence-electron chi connectivity index (χ4n) is 1.23. The van der Waals surface area contributed by atoms with Crippen LogP contribution in [0.1, 0.15) is 20.3 Å². The van der Waals surface area contributed by atoms with Crippen molar-refractivity contribution in [3.8, 4) is 0 Å². The zero-order valence-electron chi connectivity index (χ0n) is 10.3. The van der Waals surface area contributed by atoms with Gasteiger partial charge in [-0.05, 0) is 12.3 Å². The number of primary amides is 1. The molecule has 3 amide bonds. The molecular formula is C10H19N3O4. The number of rotatable bonds is 6. The Morgan fingerprint density at radius 2 is 1.88 bits per heavy atom. The van der Waals surface area contributed by atoms with E-state index in [0.717, 1.165) is 0 Å². The van der Waals surface area contributed by atoms with Crippen LogP contribution < -0.4 is 16.4 Å². The highest BCUT2D eigenvalue weighted by atomic mass is 16.5. The van der Waals surface area contributed by atoms with Crippen molar-refractivity contribution < 1.29 is 19.1 Å². The summed E-state index contributed by atoms with van der Waals surface area (Å²) < 4.78 is 4.38. The highest BCUT2D eigenvalue weighted by molar-refractivity contribution is 5.88. The Morgan fingerprint density at radius 3 is 2.29 bits per heavy atom. The highest BCUT2D eigenvalue weighted by Gasteiger charge is 2.21. The summed E-state index contributed by atoms with van der Waals surface area (Å²) in [6, 6.07) is -1.51. The average Bonchev–Trinajstić information content (AvgIpc) is 2.23. The lowest BCUT2D eigenvalue weighted by molar-refractivity contribution is -0.141. The van der Waals surface area contributed by atoms with E-state index in [1.54, 1.807) is 0 Å². The minimum Gasteiger partial charge on any atom is -0.468 e. The molecule has 0 radical (unpaired) electrons. The van der Waals surface area contributed by atoms with E-state index in [1.807, 2.05) is 13.8 Å². The topological polar surface area (TPSA) is 111 Å². The first kappa shape index (κ1) is 15.2. The highest BCUT2D eigenvalue weighted by Crippen LogP contribution is 2.04. The molecule has 0 saturated heterocycles. The molecule has 4 N–H and O–H groups in total. The number of nitrogens with two attached hydrogens (primary N) is 1. The van der Waals surface area contributed by atoms with Crippen LogP contribution in [0.5, 0.6) is 0 Å². The second-order valence-corrected chi connectivity index (χ2v) is 3.98. The van der Waals surface area contributed by atoms with Crippen LogP contribution in [0.3, 0.4) is 0 Å². The van der Waals surface area contributed by atoms with Crippen LogP contribution >= 0.6 is 0 Å². The molecule has 0 aromatic heterocycles. The molecule has 1 unspecified atom stereocenters. The molecule has 0 heterocycles. The molecule has 0 rings (SSSR count). The van der Waals surface area contributed by atoms with Gasteiger partial charge in [0.2, 0.25) is 5.91 Å². The van der Waals surface area contributed by atoms with E-state index in [1.165, 1.54) is 7.11 Å². The van der Waals surface area contributed by atoms with Gasteiger partial charge in [-0.25, -0.2) is 4.79 Å². The zero-order chi connectivity index (χ0) is 13.4. The fraction of sp³-hybridized carbons (Fsp3) is 0.700. The van der Waals surface area contributed by atoms with E-state index in [-0.39, 0.29) is 12.5 Å². The molecule has 1 atom stereocenters. The second kappa shape index (κ2) is 7.48. The maximum atomic E-state index is 11.6. The summed E-state index contributed by atoms with van der Waals surface area (Å²) in [6.07, 6.45) is 0.440. The van der Waals surface area contributed by atoms with Crippen molar-refractivity contribution >= 4 is 17.9 Å². The van der Waals surface area contributed by atoms with Gasteiger partial charge in [-0.3, -0.25) is 9.59 Å². The fourth-order valence-corrected chi connectivity index (χ4v) is 1.23. The molecule has 0 fully saturated rings. The molecule has 7 nitrogen and oxygen atoms in total. The summed E-state index contributed by atoms with van der Waals surface area (Å²) in [7, 11) is 1.22. The van der Waals surface area contributed by atoms with Crippen molar-refractivity contribution in [2.24, 2.45) is 11.7 Å². The van der Waals surface area contributed by atoms with Crippen LogP contribution in [0.15, 0.2) is 0 Å². The van der Waals surface area contributed by atoms with E-state index >= 15 is 0 Å². The van der Waals surface area contributed by atoms with Gasteiger partial charge < -0.3 is 21.1 Å². The van der Waals surface area contributed by atoms with E-state index in [9.17, 15) is 14.4 Å². The SMILES string of the molecule is COC(=O)CNC(=O)C(CC(C)C)NC(N)=O. The lowest BCUT2D eigenvalue weighted by Crippen LogP contribution is -2.50. The first-order valence-corrected chi connectivity index (χ1v) is 5.27. The Bertz CT molecular complexity index is 291. The van der Waals surface area contributed by atoms with Gasteiger partial charge in [0.25, 0.3) is 0 Å². The first-order valence-electron chi connectivity index (χ1n) is 5.27. The molecule has 0 saturated carbocycles. The third-order valence-electron chi connectivity index (χ3n) is 1.97. The Labute approximate surface area is 100 Å². The van der Waals surface area contributed by atoms with Crippen LogP contribution in [0.25, 0.3) is 0 Å². The van der Waals surface area contributed by atoms with Crippen LogP contribution in [0, 0.1) is 5.92 Å². The number of urea groups is 1. The molecule has 0 aliphatic carbocycles. The average molecular weight is 245 g/mol. The number of ether oxygens (including phenoxy) is 1. The van der Waals surface area contributed by atoms with E-state index in [0.29, 0.717) is 6.42 Å². The maximum Gasteiger partial charge on any atom is 0.325 e. The van der Waals surface area contributed by atoms with Gasteiger partial charge in [0.05, 0.1) is 7.11 Å². The molecule has 7 heteroatoms. The Balaban J connectivity index is 4.31. The summed E-state index contributed by atoms with van der Waals surface area (Å²) in [5, 5.41) is 4.69. The van der Waals surface area contributed by atoms with Crippen molar-refractivity contribution in [2.45, 2.75) is 26.3 Å². The standard InChI is InChI=1S/C10H19N3O4/c1-6(2)4-7(13-10(11)16)9(15)12-5-8(14)17-3/h6-7H,4-5H2,1-3H3,(H,12,15)(H3,11,13,16). The van der Waals surface area contributed by atoms with Crippen LogP contribution in [-0.2, 0) is 14.3 Å². The summed E-state index contributed by atoms with van der Waals surface area (Å²) in [5.74, 6) is -0.806. The molecule has 98 valence electrons. The second-order valence-electron chi connectivity index (χ2n) is 3.98. The lowest BCUT2D eigenvalue weighted by atomic mass is 10.0. The third kappa shape index (κ3) is 7.15. The number of methoxy groups -OCH3 is 1. The zero-order valence-corrected chi connectivity index (χ0v) is 10.3. The smallest absolute Gasteiger partial charge is 0.325 e. The van der Waals surface area contributed by atoms with Gasteiger partial charge in [-0.15, -0.1) is 0 Å². The molecular weight excluding hydrogens is 226 g/mol. The molecule has 0 spiro atoms. The van der Waals surface area contributed by atoms with Gasteiger partial charge >= 0.3 is 12.0 Å². The number of hydrogen-bond acceptors (Lipinski definition) is 4. The van der Waals surface area contributed by atoms with Gasteiger partial charge in [0, 0.05) is 0 Å². The summed E-state index contributed by atoms with van der Waals surface area (Å²) in [6.45, 7) is 3.58. The van der Waals surface area contributed by atoms with Crippen molar-refractivity contribution in [3.05, 3.63) is 0 Å². The minimum atomic E-state index is -0.774. The molecule has 0 aromatic carbocycles. The number of nitrogens with one attached hydrogen (secondary N) is 2. The van der Waals surface area contributed by atoms with Crippen molar-refractivity contribution in [1.82, 2.24) is 10.6 Å². The maximum absolute atomic E-state index is 11.6. The number of hydrogen-bond donors (Lipinski definition) is 3. The molecule has 0 aliphatic heterocycles. The Hall–Kier alpha value is -1.79. The molecule has 17 heavy (non-hydrogen) atoms. The van der Waals surface area contributed by atoms with Crippen molar-refractivity contribution in [1.29, 1.82) is 0 Å². The summed E-state index contributed by atoms with van der Waals surface area (Å²) in [5.41, 5.74) is 4.97. The largest absolute Gasteiger partial charge is 0.468 e. The Kier molecular flexibility index (Phi) is 6.69. The van der Waals surface area contributed by atoms with Crippen molar-refractivity contribution in [2.75, 3.05) is 13.7 Å². The number of carbonyl (C=O) groups is 3. The molecule has 0 bridgehead atoms. The normalized spacial score (nSPS) is 11.8. The minimum absolute atomic E-state index is 0.204. The van der Waals surface area contributed by atoms with Gasteiger partial charge in [0.15, 0.2) is 0 Å². The van der Waals surface area contributed by atoms with Crippen LogP contribution in [0.2, 0.25) is 0 Å². The van der Waals surface area contributed by atoms with Crippen LogP contribution in [0.4, 0.5) is 4.79 Å². The number of esters is 1. The van der Waals surface area contributed by atoms with Gasteiger partial charge in [-0.2, -0.15) is 0 Å². The van der Waals surface area contributed by atoms with Crippen LogP contribution in [-0.4, -0.2) is 37.6 Å². The van der Waals surface area contributed by atoms with E-state index in [4.69, 9.17) is 5.73 Å². The summed E-state index contributed by atoms with van der Waals surface area (Å²) >= 11 is 0. The predicted molar refractivity (Wildman–Crippen MR) is 61.0 cm³/mol. The first-order chi connectivity index (χ1) is 7.86. The lowest BCUT2D eigenvalue weighted by Gasteiger charge is -2.18. The van der Waals surface area contributed by atoms with E-state index < -0.39 is 23.9 Å². The third-order valence-corrected chi connectivity index (χ3v) is 1.97. The number of amides is 3. The van der Waals surface area contributed by atoms with Gasteiger partial charge in [-0.1, -0.05) is 13.8 Å².